The quantitative estimate of drug-likeness (QED) is 0.574. The Balaban J connectivity index is 2.13. The zero-order valence-electron chi connectivity index (χ0n) is 7.00. The van der Waals surface area contributed by atoms with Gasteiger partial charge in [-0.2, -0.15) is 0 Å². The van der Waals surface area contributed by atoms with Crippen molar-refractivity contribution in [2.75, 3.05) is 0 Å². The number of hydrogen-bond acceptors (Lipinski definition) is 4. The molecule has 0 saturated carbocycles. The molecule has 2 heterocycles. The van der Waals surface area contributed by atoms with Crippen LogP contribution >= 0.6 is 0 Å². The van der Waals surface area contributed by atoms with Gasteiger partial charge in [0.1, 0.15) is 5.82 Å². The lowest BCUT2D eigenvalue weighted by Gasteiger charge is -2.07. The second-order valence-electron chi connectivity index (χ2n) is 3.08. The minimum absolute atomic E-state index is 0.0585. The predicted octanol–water partition coefficient (Wildman–Crippen LogP) is 0.0445. The Morgan fingerprint density at radius 1 is 1.46 bits per heavy atom. The second-order valence-corrected chi connectivity index (χ2v) is 3.08. The number of nitrogens with zero attached hydrogens (tertiary/aromatic N) is 1. The molecule has 2 atom stereocenters. The fourth-order valence-corrected chi connectivity index (χ4v) is 1.37. The number of rotatable bonds is 1. The zero-order valence-corrected chi connectivity index (χ0v) is 7.00. The molecule has 2 unspecified atom stereocenters. The van der Waals surface area contributed by atoms with Crippen LogP contribution in [0.5, 0.6) is 0 Å². The van der Waals surface area contributed by atoms with Gasteiger partial charge in [0.05, 0.1) is 24.1 Å². The van der Waals surface area contributed by atoms with E-state index in [2.05, 4.69) is 15.8 Å². The van der Waals surface area contributed by atoms with Crippen LogP contribution < -0.4 is 16.6 Å². The van der Waals surface area contributed by atoms with E-state index in [1.165, 1.54) is 12.3 Å². The van der Waals surface area contributed by atoms with Gasteiger partial charge in [-0.1, -0.05) is 0 Å². The molecule has 0 aliphatic carbocycles. The van der Waals surface area contributed by atoms with Crippen molar-refractivity contribution in [1.29, 1.82) is 0 Å². The van der Waals surface area contributed by atoms with Gasteiger partial charge in [-0.05, 0) is 18.6 Å². The monoisotopic (exact) mass is 182 g/mol. The van der Waals surface area contributed by atoms with Crippen LogP contribution in [-0.2, 0) is 0 Å². The van der Waals surface area contributed by atoms with E-state index in [4.69, 9.17) is 5.73 Å². The Morgan fingerprint density at radius 2 is 2.31 bits per heavy atom. The maximum atomic E-state index is 12.5. The smallest absolute Gasteiger partial charge is 0.141 e. The van der Waals surface area contributed by atoms with E-state index in [0.29, 0.717) is 0 Å². The van der Waals surface area contributed by atoms with Crippen molar-refractivity contribution in [3.63, 3.8) is 0 Å². The predicted molar refractivity (Wildman–Crippen MR) is 45.8 cm³/mol. The molecular formula is C8H11FN4. The lowest BCUT2D eigenvalue weighted by Crippen LogP contribution is -2.36. The van der Waals surface area contributed by atoms with E-state index in [0.717, 1.165) is 12.1 Å². The number of aromatic nitrogens is 1. The van der Waals surface area contributed by atoms with Crippen LogP contribution in [0.3, 0.4) is 0 Å². The summed E-state index contributed by atoms with van der Waals surface area (Å²) in [6.07, 6.45) is 1.91. The van der Waals surface area contributed by atoms with E-state index in [9.17, 15) is 4.39 Å². The minimum atomic E-state index is -0.320. The third kappa shape index (κ3) is 1.82. The summed E-state index contributed by atoms with van der Waals surface area (Å²) in [5.41, 5.74) is 12.3. The summed E-state index contributed by atoms with van der Waals surface area (Å²) in [7, 11) is 0. The third-order valence-corrected chi connectivity index (χ3v) is 2.04. The van der Waals surface area contributed by atoms with E-state index in [1.807, 2.05) is 0 Å². The highest BCUT2D eigenvalue weighted by atomic mass is 19.1. The first-order valence-corrected chi connectivity index (χ1v) is 4.14. The van der Waals surface area contributed by atoms with Gasteiger partial charge in [-0.3, -0.25) is 4.98 Å². The minimum Gasteiger partial charge on any atom is -0.315 e. The first-order valence-electron chi connectivity index (χ1n) is 4.14. The highest BCUT2D eigenvalue weighted by Gasteiger charge is 2.22. The van der Waals surface area contributed by atoms with E-state index in [-0.39, 0.29) is 18.0 Å². The fraction of sp³-hybridized carbons (Fsp3) is 0.375. The van der Waals surface area contributed by atoms with E-state index < -0.39 is 0 Å². The molecule has 4 nitrogen and oxygen atoms in total. The van der Waals surface area contributed by atoms with Crippen LogP contribution in [0, 0.1) is 5.82 Å². The molecule has 0 radical (unpaired) electrons. The standard InChI is InChI=1S/C8H11FN4/c9-5-1-2-6(11-4-5)7-3-8(10)13-12-7/h1-2,4,7-8,12-13H,3,10H2. The summed E-state index contributed by atoms with van der Waals surface area (Å²) < 4.78 is 12.5. The summed E-state index contributed by atoms with van der Waals surface area (Å²) in [6, 6.07) is 3.14. The van der Waals surface area contributed by atoms with Crippen molar-refractivity contribution in [3.05, 3.63) is 29.8 Å². The molecule has 1 saturated heterocycles. The molecule has 0 spiro atoms. The summed E-state index contributed by atoms with van der Waals surface area (Å²) in [5, 5.41) is 0. The Bertz CT molecular complexity index is 287. The molecule has 1 aliphatic heterocycles. The molecular weight excluding hydrogens is 171 g/mol. The van der Waals surface area contributed by atoms with Crippen LogP contribution in [-0.4, -0.2) is 11.1 Å². The highest BCUT2D eigenvalue weighted by Crippen LogP contribution is 2.17. The number of pyridine rings is 1. The molecule has 4 N–H and O–H groups in total. The third-order valence-electron chi connectivity index (χ3n) is 2.04. The average Bonchev–Trinajstić information content (AvgIpc) is 2.53. The second kappa shape index (κ2) is 3.37. The number of nitrogens with one attached hydrogen (secondary N) is 2. The summed E-state index contributed by atoms with van der Waals surface area (Å²) in [5.74, 6) is -0.320. The van der Waals surface area contributed by atoms with Crippen LogP contribution in [0.2, 0.25) is 0 Å². The van der Waals surface area contributed by atoms with Gasteiger partial charge in [-0.15, -0.1) is 0 Å². The molecule has 1 fully saturated rings. The summed E-state index contributed by atoms with van der Waals surface area (Å²) in [6.45, 7) is 0. The molecule has 1 aliphatic rings. The van der Waals surface area contributed by atoms with Gasteiger partial charge in [0.2, 0.25) is 0 Å². The van der Waals surface area contributed by atoms with Crippen molar-refractivity contribution < 1.29 is 4.39 Å². The zero-order chi connectivity index (χ0) is 9.26. The highest BCUT2D eigenvalue weighted by molar-refractivity contribution is 5.11. The number of hydrazine groups is 1. The Kier molecular flexibility index (Phi) is 2.22. The van der Waals surface area contributed by atoms with Crippen molar-refractivity contribution in [2.24, 2.45) is 5.73 Å². The Morgan fingerprint density at radius 3 is 2.85 bits per heavy atom. The van der Waals surface area contributed by atoms with Crippen LogP contribution in [0.15, 0.2) is 18.3 Å². The van der Waals surface area contributed by atoms with Gasteiger partial charge in [0.25, 0.3) is 0 Å². The molecule has 70 valence electrons. The van der Waals surface area contributed by atoms with E-state index in [1.54, 1.807) is 6.07 Å². The fourth-order valence-electron chi connectivity index (χ4n) is 1.37. The largest absolute Gasteiger partial charge is 0.315 e. The number of hydrogen-bond donors (Lipinski definition) is 3. The van der Waals surface area contributed by atoms with Crippen LogP contribution in [0.1, 0.15) is 18.2 Å². The molecule has 13 heavy (non-hydrogen) atoms. The normalized spacial score (nSPS) is 27.8. The number of halogens is 1. The van der Waals surface area contributed by atoms with Gasteiger partial charge < -0.3 is 5.73 Å². The molecule has 1 aromatic heterocycles. The maximum Gasteiger partial charge on any atom is 0.141 e. The average molecular weight is 182 g/mol. The molecule has 5 heteroatoms. The lowest BCUT2D eigenvalue weighted by atomic mass is 10.1. The summed E-state index contributed by atoms with van der Waals surface area (Å²) >= 11 is 0. The lowest BCUT2D eigenvalue weighted by molar-refractivity contribution is 0.543. The van der Waals surface area contributed by atoms with Gasteiger partial charge in [0, 0.05) is 0 Å². The first kappa shape index (κ1) is 8.55. The Hall–Kier alpha value is -1.04. The summed E-state index contributed by atoms with van der Waals surface area (Å²) in [4.78, 5) is 3.96. The van der Waals surface area contributed by atoms with Crippen molar-refractivity contribution in [3.8, 4) is 0 Å². The van der Waals surface area contributed by atoms with Crippen molar-refractivity contribution in [2.45, 2.75) is 18.6 Å². The van der Waals surface area contributed by atoms with Crippen molar-refractivity contribution in [1.82, 2.24) is 15.8 Å². The molecule has 0 aromatic carbocycles. The molecule has 0 bridgehead atoms. The van der Waals surface area contributed by atoms with E-state index >= 15 is 0 Å². The van der Waals surface area contributed by atoms with Gasteiger partial charge >= 0.3 is 0 Å². The number of nitrogens with two attached hydrogens (primary N) is 1. The first-order chi connectivity index (χ1) is 6.25. The SMILES string of the molecule is NC1CC(c2ccc(F)cn2)NN1. The van der Waals surface area contributed by atoms with Gasteiger partial charge in [0.15, 0.2) is 0 Å². The molecule has 0 amide bonds. The van der Waals surface area contributed by atoms with Crippen molar-refractivity contribution >= 4 is 0 Å². The topological polar surface area (TPSA) is 63.0 Å². The molecule has 1 aromatic rings. The maximum absolute atomic E-state index is 12.5. The van der Waals surface area contributed by atoms with Gasteiger partial charge in [-0.25, -0.2) is 15.2 Å². The van der Waals surface area contributed by atoms with Crippen LogP contribution in [0.25, 0.3) is 0 Å². The Labute approximate surface area is 75.3 Å². The molecule has 2 rings (SSSR count). The van der Waals surface area contributed by atoms with Crippen LogP contribution in [0.4, 0.5) is 4.39 Å².